The number of nitrogens with one attached hydrogen (secondary N) is 1. The Morgan fingerprint density at radius 3 is 2.65 bits per heavy atom. The summed E-state index contributed by atoms with van der Waals surface area (Å²) in [6.07, 6.45) is 4.30. The maximum Gasteiger partial charge on any atom is 0.0596 e. The van der Waals surface area contributed by atoms with Gasteiger partial charge >= 0.3 is 0 Å². The third-order valence-corrected chi connectivity index (χ3v) is 3.24. The molecule has 0 amide bonds. The minimum Gasteiger partial charge on any atom is -0.309 e. The second-order valence-corrected chi connectivity index (χ2v) is 5.23. The summed E-state index contributed by atoms with van der Waals surface area (Å²) in [6, 6.07) is 12.9. The van der Waals surface area contributed by atoms with E-state index in [1.165, 1.54) is 11.3 Å². The number of hydrogen-bond donors (Lipinski definition) is 1. The van der Waals surface area contributed by atoms with Crippen molar-refractivity contribution in [3.63, 3.8) is 0 Å². The van der Waals surface area contributed by atoms with E-state index in [1.54, 1.807) is 0 Å². The predicted molar refractivity (Wildman–Crippen MR) is 84.6 cm³/mol. The van der Waals surface area contributed by atoms with Gasteiger partial charge in [-0.25, -0.2) is 0 Å². The Morgan fingerprint density at radius 2 is 2.00 bits per heavy atom. The first-order chi connectivity index (χ1) is 9.65. The van der Waals surface area contributed by atoms with E-state index >= 15 is 0 Å². The number of nitrogens with zero attached hydrogens (tertiary/aromatic N) is 2. The smallest absolute Gasteiger partial charge is 0.0596 e. The van der Waals surface area contributed by atoms with Crippen LogP contribution < -0.4 is 5.32 Å². The lowest BCUT2D eigenvalue weighted by molar-refractivity contribution is 0.461. The van der Waals surface area contributed by atoms with Crippen LogP contribution in [0, 0.1) is 13.8 Å². The van der Waals surface area contributed by atoms with Gasteiger partial charge in [0.15, 0.2) is 0 Å². The summed E-state index contributed by atoms with van der Waals surface area (Å²) in [4.78, 5) is 0. The highest BCUT2D eigenvalue weighted by Crippen LogP contribution is 2.03. The minimum atomic E-state index is 0.397. The van der Waals surface area contributed by atoms with Gasteiger partial charge in [0.2, 0.25) is 0 Å². The van der Waals surface area contributed by atoms with Crippen molar-refractivity contribution < 1.29 is 0 Å². The predicted octanol–water partition coefficient (Wildman–Crippen LogP) is 3.19. The first-order valence-electron chi connectivity index (χ1n) is 7.11. The highest BCUT2D eigenvalue weighted by atomic mass is 15.3. The van der Waals surface area contributed by atoms with E-state index < -0.39 is 0 Å². The van der Waals surface area contributed by atoms with E-state index in [0.717, 1.165) is 18.8 Å². The molecule has 0 saturated carbocycles. The zero-order chi connectivity index (χ0) is 14.4. The molecule has 1 aromatic heterocycles. The third-order valence-electron chi connectivity index (χ3n) is 3.24. The van der Waals surface area contributed by atoms with Crippen LogP contribution in [0.25, 0.3) is 6.08 Å². The van der Waals surface area contributed by atoms with Crippen LogP contribution in [0.3, 0.4) is 0 Å². The first-order valence-corrected chi connectivity index (χ1v) is 7.11. The van der Waals surface area contributed by atoms with Gasteiger partial charge in [-0.05, 0) is 32.4 Å². The van der Waals surface area contributed by atoms with Gasteiger partial charge < -0.3 is 5.32 Å². The molecular weight excluding hydrogens is 246 g/mol. The van der Waals surface area contributed by atoms with E-state index in [0.29, 0.717) is 6.04 Å². The average Bonchev–Trinajstić information content (AvgIpc) is 2.74. The molecule has 3 nitrogen and oxygen atoms in total. The van der Waals surface area contributed by atoms with E-state index in [1.807, 2.05) is 13.0 Å². The third kappa shape index (κ3) is 4.35. The van der Waals surface area contributed by atoms with Crippen molar-refractivity contribution in [2.24, 2.45) is 0 Å². The summed E-state index contributed by atoms with van der Waals surface area (Å²) in [5.41, 5.74) is 3.54. The molecule has 0 aliphatic heterocycles. The highest BCUT2D eigenvalue weighted by molar-refractivity contribution is 5.48. The topological polar surface area (TPSA) is 29.9 Å². The Hall–Kier alpha value is -1.87. The van der Waals surface area contributed by atoms with E-state index in [-0.39, 0.29) is 0 Å². The lowest BCUT2D eigenvalue weighted by Crippen LogP contribution is -2.31. The van der Waals surface area contributed by atoms with Crippen LogP contribution in [0.15, 0.2) is 42.5 Å². The maximum absolute atomic E-state index is 4.48. The van der Waals surface area contributed by atoms with Crippen LogP contribution in [-0.4, -0.2) is 22.4 Å². The monoisotopic (exact) mass is 269 g/mol. The van der Waals surface area contributed by atoms with E-state index in [4.69, 9.17) is 0 Å². The van der Waals surface area contributed by atoms with Crippen LogP contribution in [0.2, 0.25) is 0 Å². The number of aromatic nitrogens is 2. The van der Waals surface area contributed by atoms with Gasteiger partial charge in [-0.3, -0.25) is 4.68 Å². The van der Waals surface area contributed by atoms with Gasteiger partial charge in [-0.15, -0.1) is 0 Å². The molecule has 1 unspecified atom stereocenters. The standard InChI is InChI=1S/C17H23N3/c1-14-12-16(3)20(19-14)13-15(2)18-11-7-10-17-8-5-4-6-9-17/h4-10,12,15,18H,11,13H2,1-3H3. The average molecular weight is 269 g/mol. The summed E-state index contributed by atoms with van der Waals surface area (Å²) in [5, 5.41) is 7.97. The Balaban J connectivity index is 1.77. The lowest BCUT2D eigenvalue weighted by Gasteiger charge is -2.13. The van der Waals surface area contributed by atoms with E-state index in [9.17, 15) is 0 Å². The van der Waals surface area contributed by atoms with Gasteiger partial charge in [-0.2, -0.15) is 5.10 Å². The number of hydrogen-bond acceptors (Lipinski definition) is 2. The summed E-state index contributed by atoms with van der Waals surface area (Å²) < 4.78 is 2.06. The van der Waals surface area contributed by atoms with Crippen molar-refractivity contribution in [3.8, 4) is 0 Å². The largest absolute Gasteiger partial charge is 0.309 e. The number of rotatable bonds is 6. The molecule has 2 aromatic rings. The molecule has 0 bridgehead atoms. The molecule has 3 heteroatoms. The molecule has 106 valence electrons. The van der Waals surface area contributed by atoms with Crippen LogP contribution >= 0.6 is 0 Å². The number of benzene rings is 1. The van der Waals surface area contributed by atoms with Gasteiger partial charge in [0.1, 0.15) is 0 Å². The van der Waals surface area contributed by atoms with Crippen molar-refractivity contribution in [2.75, 3.05) is 6.54 Å². The second kappa shape index (κ2) is 7.06. The molecule has 1 heterocycles. The molecule has 0 spiro atoms. The van der Waals surface area contributed by atoms with Crippen molar-refractivity contribution >= 4 is 6.08 Å². The van der Waals surface area contributed by atoms with Gasteiger partial charge in [0.25, 0.3) is 0 Å². The molecule has 1 atom stereocenters. The van der Waals surface area contributed by atoms with Gasteiger partial charge in [0, 0.05) is 18.3 Å². The quantitative estimate of drug-likeness (QED) is 0.873. The fraction of sp³-hybridized carbons (Fsp3) is 0.353. The molecule has 20 heavy (non-hydrogen) atoms. The molecule has 0 aliphatic carbocycles. The fourth-order valence-corrected chi connectivity index (χ4v) is 2.21. The van der Waals surface area contributed by atoms with E-state index in [2.05, 4.69) is 71.4 Å². The molecule has 0 aliphatic rings. The van der Waals surface area contributed by atoms with Crippen molar-refractivity contribution in [2.45, 2.75) is 33.4 Å². The van der Waals surface area contributed by atoms with Crippen LogP contribution in [0.5, 0.6) is 0 Å². The fourth-order valence-electron chi connectivity index (χ4n) is 2.21. The SMILES string of the molecule is Cc1cc(C)n(CC(C)NCC=Cc2ccccc2)n1. The van der Waals surface area contributed by atoms with Crippen molar-refractivity contribution in [1.82, 2.24) is 15.1 Å². The number of aryl methyl sites for hydroxylation is 2. The normalized spacial score (nSPS) is 12.9. The molecular formula is C17H23N3. The Kier molecular flexibility index (Phi) is 5.13. The zero-order valence-corrected chi connectivity index (χ0v) is 12.5. The van der Waals surface area contributed by atoms with Crippen LogP contribution in [-0.2, 0) is 6.54 Å². The lowest BCUT2D eigenvalue weighted by atomic mass is 10.2. The first kappa shape index (κ1) is 14.5. The summed E-state index contributed by atoms with van der Waals surface area (Å²) in [5.74, 6) is 0. The van der Waals surface area contributed by atoms with Crippen LogP contribution in [0.4, 0.5) is 0 Å². The summed E-state index contributed by atoms with van der Waals surface area (Å²) in [7, 11) is 0. The zero-order valence-electron chi connectivity index (χ0n) is 12.5. The minimum absolute atomic E-state index is 0.397. The Labute approximate surface area is 121 Å². The molecule has 0 radical (unpaired) electrons. The summed E-state index contributed by atoms with van der Waals surface area (Å²) in [6.45, 7) is 8.09. The van der Waals surface area contributed by atoms with Gasteiger partial charge in [-0.1, -0.05) is 42.5 Å². The van der Waals surface area contributed by atoms with Crippen LogP contribution in [0.1, 0.15) is 23.9 Å². The molecule has 1 aromatic carbocycles. The maximum atomic E-state index is 4.48. The highest BCUT2D eigenvalue weighted by Gasteiger charge is 2.05. The molecule has 0 fully saturated rings. The second-order valence-electron chi connectivity index (χ2n) is 5.23. The molecule has 1 N–H and O–H groups in total. The Bertz CT molecular complexity index is 555. The summed E-state index contributed by atoms with van der Waals surface area (Å²) >= 11 is 0. The molecule has 0 saturated heterocycles. The molecule has 2 rings (SSSR count). The van der Waals surface area contributed by atoms with Crippen molar-refractivity contribution in [1.29, 1.82) is 0 Å². The van der Waals surface area contributed by atoms with Gasteiger partial charge in [0.05, 0.1) is 12.2 Å². The van der Waals surface area contributed by atoms with Crippen molar-refractivity contribution in [3.05, 3.63) is 59.4 Å². The Morgan fingerprint density at radius 1 is 1.25 bits per heavy atom.